The SMILES string of the molecule is COCCCn1cc(S(=O)(=O)Cl)nc1C. The van der Waals surface area contributed by atoms with Gasteiger partial charge in [0.15, 0.2) is 5.03 Å². The fourth-order valence-corrected chi connectivity index (χ4v) is 1.92. The van der Waals surface area contributed by atoms with Gasteiger partial charge < -0.3 is 9.30 Å². The molecule has 0 saturated heterocycles. The molecule has 0 atom stereocenters. The van der Waals surface area contributed by atoms with Crippen molar-refractivity contribution < 1.29 is 13.2 Å². The summed E-state index contributed by atoms with van der Waals surface area (Å²) in [5.74, 6) is 0.630. The number of hydrogen-bond acceptors (Lipinski definition) is 4. The molecule has 7 heteroatoms. The molecule has 0 unspecified atom stereocenters. The lowest BCUT2D eigenvalue weighted by Gasteiger charge is -2.02. The molecular weight excluding hydrogens is 240 g/mol. The van der Waals surface area contributed by atoms with Gasteiger partial charge in [-0.25, -0.2) is 13.4 Å². The van der Waals surface area contributed by atoms with E-state index in [1.54, 1.807) is 18.6 Å². The van der Waals surface area contributed by atoms with Crippen molar-refractivity contribution in [2.45, 2.75) is 24.9 Å². The van der Waals surface area contributed by atoms with E-state index in [1.807, 2.05) is 0 Å². The summed E-state index contributed by atoms with van der Waals surface area (Å²) in [6, 6.07) is 0. The first-order valence-corrected chi connectivity index (χ1v) is 6.73. The number of nitrogens with zero attached hydrogens (tertiary/aromatic N) is 2. The van der Waals surface area contributed by atoms with E-state index in [4.69, 9.17) is 15.4 Å². The number of aryl methyl sites for hydroxylation is 2. The van der Waals surface area contributed by atoms with Gasteiger partial charge in [0, 0.05) is 37.1 Å². The summed E-state index contributed by atoms with van der Waals surface area (Å²) >= 11 is 0. The summed E-state index contributed by atoms with van der Waals surface area (Å²) in [7, 11) is 3.07. The third-order valence-electron chi connectivity index (χ3n) is 1.95. The highest BCUT2D eigenvalue weighted by Crippen LogP contribution is 2.14. The predicted octanol–water partition coefficient (Wildman–Crippen LogP) is 1.16. The fourth-order valence-electron chi connectivity index (χ4n) is 1.20. The molecule has 0 fully saturated rings. The van der Waals surface area contributed by atoms with E-state index in [0.717, 1.165) is 6.42 Å². The maximum absolute atomic E-state index is 11.0. The number of methoxy groups -OCH3 is 1. The lowest BCUT2D eigenvalue weighted by Crippen LogP contribution is -2.02. The Morgan fingerprint density at radius 3 is 2.73 bits per heavy atom. The Hall–Kier alpha value is -0.590. The molecule has 86 valence electrons. The molecule has 0 aliphatic rings. The molecule has 15 heavy (non-hydrogen) atoms. The van der Waals surface area contributed by atoms with Crippen LogP contribution in [0.4, 0.5) is 0 Å². The van der Waals surface area contributed by atoms with Gasteiger partial charge in [-0.3, -0.25) is 0 Å². The van der Waals surface area contributed by atoms with E-state index in [1.165, 1.54) is 6.20 Å². The molecule has 5 nitrogen and oxygen atoms in total. The quantitative estimate of drug-likeness (QED) is 0.583. The Labute approximate surface area is 93.4 Å². The molecule has 0 N–H and O–H groups in total. The van der Waals surface area contributed by atoms with Gasteiger partial charge >= 0.3 is 0 Å². The van der Waals surface area contributed by atoms with Crippen LogP contribution in [0.3, 0.4) is 0 Å². The molecule has 0 bridgehead atoms. The van der Waals surface area contributed by atoms with Gasteiger partial charge in [0.2, 0.25) is 0 Å². The first-order chi connectivity index (χ1) is 6.95. The molecule has 1 aromatic heterocycles. The summed E-state index contributed by atoms with van der Waals surface area (Å²) in [6.07, 6.45) is 2.24. The van der Waals surface area contributed by atoms with Crippen LogP contribution in [0.5, 0.6) is 0 Å². The zero-order valence-corrected chi connectivity index (χ0v) is 10.2. The highest BCUT2D eigenvalue weighted by Gasteiger charge is 2.15. The summed E-state index contributed by atoms with van der Waals surface area (Å²) < 4.78 is 28.6. The van der Waals surface area contributed by atoms with Crippen LogP contribution in [0.25, 0.3) is 0 Å². The van der Waals surface area contributed by atoms with Gasteiger partial charge in [-0.2, -0.15) is 0 Å². The fraction of sp³-hybridized carbons (Fsp3) is 0.625. The topological polar surface area (TPSA) is 61.2 Å². The Bertz CT molecular complexity index is 427. The van der Waals surface area contributed by atoms with Crippen LogP contribution in [-0.4, -0.2) is 31.7 Å². The van der Waals surface area contributed by atoms with Crippen molar-refractivity contribution in [1.29, 1.82) is 0 Å². The maximum atomic E-state index is 11.0. The Balaban J connectivity index is 2.78. The predicted molar refractivity (Wildman–Crippen MR) is 56.5 cm³/mol. The lowest BCUT2D eigenvalue weighted by molar-refractivity contribution is 0.190. The Kier molecular flexibility index (Phi) is 4.12. The van der Waals surface area contributed by atoms with Crippen molar-refractivity contribution in [3.8, 4) is 0 Å². The molecule has 0 radical (unpaired) electrons. The van der Waals surface area contributed by atoms with E-state index in [0.29, 0.717) is 19.0 Å². The minimum absolute atomic E-state index is 0.0981. The molecule has 0 aromatic carbocycles. The van der Waals surface area contributed by atoms with Gasteiger partial charge in [0.1, 0.15) is 5.82 Å². The van der Waals surface area contributed by atoms with E-state index in [-0.39, 0.29) is 5.03 Å². The lowest BCUT2D eigenvalue weighted by atomic mass is 10.4. The van der Waals surface area contributed by atoms with Crippen LogP contribution in [0.2, 0.25) is 0 Å². The van der Waals surface area contributed by atoms with Crippen LogP contribution >= 0.6 is 10.7 Å². The van der Waals surface area contributed by atoms with Crippen LogP contribution < -0.4 is 0 Å². The van der Waals surface area contributed by atoms with Crippen LogP contribution in [-0.2, 0) is 20.3 Å². The Morgan fingerprint density at radius 2 is 2.27 bits per heavy atom. The molecule has 0 spiro atoms. The summed E-state index contributed by atoms with van der Waals surface area (Å²) in [5, 5.41) is -0.0981. The summed E-state index contributed by atoms with van der Waals surface area (Å²) in [4.78, 5) is 3.86. The third kappa shape index (κ3) is 3.48. The van der Waals surface area contributed by atoms with E-state index in [2.05, 4.69) is 4.98 Å². The Morgan fingerprint density at radius 1 is 1.60 bits per heavy atom. The van der Waals surface area contributed by atoms with Crippen molar-refractivity contribution in [1.82, 2.24) is 9.55 Å². The van der Waals surface area contributed by atoms with Crippen LogP contribution in [0, 0.1) is 6.92 Å². The highest BCUT2D eigenvalue weighted by atomic mass is 35.7. The smallest absolute Gasteiger partial charge is 0.280 e. The molecule has 1 aromatic rings. The second kappa shape index (κ2) is 4.96. The van der Waals surface area contributed by atoms with E-state index < -0.39 is 9.05 Å². The second-order valence-corrected chi connectivity index (χ2v) is 5.62. The van der Waals surface area contributed by atoms with Crippen molar-refractivity contribution in [2.75, 3.05) is 13.7 Å². The second-order valence-electron chi connectivity index (χ2n) is 3.10. The first-order valence-electron chi connectivity index (χ1n) is 4.42. The minimum Gasteiger partial charge on any atom is -0.385 e. The number of aromatic nitrogens is 2. The average molecular weight is 253 g/mol. The van der Waals surface area contributed by atoms with Gasteiger partial charge in [-0.1, -0.05) is 0 Å². The van der Waals surface area contributed by atoms with Gasteiger partial charge in [0.05, 0.1) is 0 Å². The van der Waals surface area contributed by atoms with Crippen molar-refractivity contribution in [3.05, 3.63) is 12.0 Å². The van der Waals surface area contributed by atoms with Gasteiger partial charge in [-0.05, 0) is 13.3 Å². The van der Waals surface area contributed by atoms with E-state index >= 15 is 0 Å². The number of imidazole rings is 1. The van der Waals surface area contributed by atoms with Crippen LogP contribution in [0.1, 0.15) is 12.2 Å². The molecule has 0 amide bonds. The van der Waals surface area contributed by atoms with Crippen molar-refractivity contribution >= 4 is 19.7 Å². The third-order valence-corrected chi connectivity index (χ3v) is 3.12. The zero-order valence-electron chi connectivity index (χ0n) is 8.60. The standard InChI is InChI=1S/C8H13ClN2O3S/c1-7-10-8(15(9,12)13)6-11(7)4-3-5-14-2/h6H,3-5H2,1-2H3. The average Bonchev–Trinajstić information content (AvgIpc) is 2.48. The molecule has 0 saturated carbocycles. The zero-order chi connectivity index (χ0) is 11.5. The largest absolute Gasteiger partial charge is 0.385 e. The summed E-state index contributed by atoms with van der Waals surface area (Å²) in [5.41, 5.74) is 0. The molecule has 0 aliphatic carbocycles. The number of ether oxygens (including phenoxy) is 1. The van der Waals surface area contributed by atoms with Crippen molar-refractivity contribution in [2.24, 2.45) is 0 Å². The normalized spacial score (nSPS) is 11.9. The molecular formula is C8H13ClN2O3S. The number of hydrogen-bond donors (Lipinski definition) is 0. The molecule has 1 rings (SSSR count). The minimum atomic E-state index is -3.73. The molecule has 0 aliphatic heterocycles. The molecule has 1 heterocycles. The monoisotopic (exact) mass is 252 g/mol. The van der Waals surface area contributed by atoms with Gasteiger partial charge in [-0.15, -0.1) is 0 Å². The summed E-state index contributed by atoms with van der Waals surface area (Å²) in [6.45, 7) is 3.03. The van der Waals surface area contributed by atoms with Crippen LogP contribution in [0.15, 0.2) is 11.2 Å². The van der Waals surface area contributed by atoms with Gasteiger partial charge in [0.25, 0.3) is 9.05 Å². The first kappa shape index (κ1) is 12.5. The van der Waals surface area contributed by atoms with E-state index in [9.17, 15) is 8.42 Å². The highest BCUT2D eigenvalue weighted by molar-refractivity contribution is 8.13. The maximum Gasteiger partial charge on any atom is 0.280 e. The number of halogens is 1. The number of rotatable bonds is 5. The van der Waals surface area contributed by atoms with Crippen molar-refractivity contribution in [3.63, 3.8) is 0 Å².